The minimum Gasteiger partial charge on any atom is -0.462 e. The maximum Gasteiger partial charge on any atom is 0.348 e. The monoisotopic (exact) mass is 316 g/mol. The Labute approximate surface area is 131 Å². The van der Waals surface area contributed by atoms with Gasteiger partial charge in [0, 0.05) is 26.2 Å². The van der Waals surface area contributed by atoms with Crippen molar-refractivity contribution in [1.82, 2.24) is 0 Å². The van der Waals surface area contributed by atoms with Crippen LogP contribution in [0.2, 0.25) is 5.02 Å². The first-order chi connectivity index (χ1) is 10.2. The van der Waals surface area contributed by atoms with E-state index in [4.69, 9.17) is 16.3 Å². The summed E-state index contributed by atoms with van der Waals surface area (Å²) in [5, 5.41) is 1.66. The minimum atomic E-state index is -0.298. The Kier molecular flexibility index (Phi) is 3.95. The Morgan fingerprint density at radius 2 is 1.86 bits per heavy atom. The van der Waals surface area contributed by atoms with E-state index in [0.29, 0.717) is 16.5 Å². The van der Waals surface area contributed by atoms with Crippen molar-refractivity contribution in [3.8, 4) is 11.1 Å². The van der Waals surface area contributed by atoms with E-state index in [0.717, 1.165) is 21.2 Å². The number of carbonyl (C=O) groups is 1. The molecule has 0 bridgehead atoms. The van der Waals surface area contributed by atoms with E-state index in [2.05, 4.69) is 0 Å². The van der Waals surface area contributed by atoms with Crippen molar-refractivity contribution in [2.45, 2.75) is 6.92 Å². The summed E-state index contributed by atoms with van der Waals surface area (Å²) in [6.07, 6.45) is 0. The van der Waals surface area contributed by atoms with Crippen LogP contribution in [0.4, 0.5) is 0 Å². The van der Waals surface area contributed by atoms with E-state index in [1.165, 1.54) is 11.3 Å². The smallest absolute Gasteiger partial charge is 0.348 e. The van der Waals surface area contributed by atoms with E-state index in [1.807, 2.05) is 48.5 Å². The molecule has 3 rings (SSSR count). The van der Waals surface area contributed by atoms with Crippen molar-refractivity contribution < 1.29 is 9.53 Å². The number of halogens is 1. The third-order valence-electron chi connectivity index (χ3n) is 3.20. The normalized spacial score (nSPS) is 10.8. The van der Waals surface area contributed by atoms with Gasteiger partial charge < -0.3 is 4.74 Å². The van der Waals surface area contributed by atoms with Crippen LogP contribution in [-0.4, -0.2) is 12.6 Å². The first-order valence-electron chi connectivity index (χ1n) is 6.66. The van der Waals surface area contributed by atoms with Gasteiger partial charge in [0.25, 0.3) is 0 Å². The standard InChI is InChI=1S/C17H13ClO2S/c1-2-20-17(19)16-15(11-7-3-5-9-13(11)18)12-8-4-6-10-14(12)21-16/h3-10H,2H2,1H3. The van der Waals surface area contributed by atoms with Gasteiger partial charge in [-0.05, 0) is 19.1 Å². The lowest BCUT2D eigenvalue weighted by Crippen LogP contribution is -2.03. The molecule has 1 heterocycles. The second-order valence-electron chi connectivity index (χ2n) is 4.50. The van der Waals surface area contributed by atoms with Crippen LogP contribution < -0.4 is 0 Å². The zero-order valence-electron chi connectivity index (χ0n) is 11.4. The van der Waals surface area contributed by atoms with Gasteiger partial charge >= 0.3 is 5.97 Å². The minimum absolute atomic E-state index is 0.298. The molecule has 0 aliphatic carbocycles. The summed E-state index contributed by atoms with van der Waals surface area (Å²) in [5.41, 5.74) is 1.72. The highest BCUT2D eigenvalue weighted by molar-refractivity contribution is 7.21. The molecule has 0 amide bonds. The molecule has 21 heavy (non-hydrogen) atoms. The number of esters is 1. The molecule has 0 spiro atoms. The van der Waals surface area contributed by atoms with Crippen LogP contribution in [0.15, 0.2) is 48.5 Å². The summed E-state index contributed by atoms with van der Waals surface area (Å²) >= 11 is 7.76. The molecule has 0 aliphatic rings. The number of hydrogen-bond donors (Lipinski definition) is 0. The van der Waals surface area contributed by atoms with Crippen LogP contribution in [-0.2, 0) is 4.74 Å². The van der Waals surface area contributed by atoms with Crippen molar-refractivity contribution in [3.63, 3.8) is 0 Å². The third-order valence-corrected chi connectivity index (χ3v) is 4.68. The number of rotatable bonds is 3. The van der Waals surface area contributed by atoms with Gasteiger partial charge in [-0.2, -0.15) is 0 Å². The Morgan fingerprint density at radius 3 is 2.62 bits per heavy atom. The highest BCUT2D eigenvalue weighted by atomic mass is 35.5. The maximum absolute atomic E-state index is 12.3. The molecule has 0 N–H and O–H groups in total. The molecule has 0 unspecified atom stereocenters. The summed E-state index contributed by atoms with van der Waals surface area (Å²) in [4.78, 5) is 12.9. The summed E-state index contributed by atoms with van der Waals surface area (Å²) < 4.78 is 6.24. The van der Waals surface area contributed by atoms with Crippen molar-refractivity contribution in [1.29, 1.82) is 0 Å². The summed E-state index contributed by atoms with van der Waals surface area (Å²) in [5.74, 6) is -0.298. The molecule has 2 aromatic carbocycles. The molecule has 0 atom stereocenters. The van der Waals surface area contributed by atoms with Gasteiger partial charge in [-0.15, -0.1) is 11.3 Å². The fraction of sp³-hybridized carbons (Fsp3) is 0.118. The maximum atomic E-state index is 12.3. The first-order valence-corrected chi connectivity index (χ1v) is 7.85. The van der Waals surface area contributed by atoms with Crippen LogP contribution in [0.25, 0.3) is 21.2 Å². The second-order valence-corrected chi connectivity index (χ2v) is 5.96. The zero-order valence-corrected chi connectivity index (χ0v) is 13.0. The molecule has 2 nitrogen and oxygen atoms in total. The van der Waals surface area contributed by atoms with Crippen LogP contribution >= 0.6 is 22.9 Å². The van der Waals surface area contributed by atoms with Gasteiger partial charge in [-0.25, -0.2) is 4.79 Å². The largest absolute Gasteiger partial charge is 0.462 e. The number of ether oxygens (including phenoxy) is 1. The molecule has 106 valence electrons. The van der Waals surface area contributed by atoms with Gasteiger partial charge in [0.05, 0.1) is 6.61 Å². The van der Waals surface area contributed by atoms with Crippen molar-refractivity contribution in [2.24, 2.45) is 0 Å². The Morgan fingerprint density at radius 1 is 1.14 bits per heavy atom. The summed E-state index contributed by atoms with van der Waals surface area (Å²) in [6, 6.07) is 15.5. The molecule has 0 fully saturated rings. The van der Waals surface area contributed by atoms with E-state index in [9.17, 15) is 4.79 Å². The number of fused-ring (bicyclic) bond motifs is 1. The Bertz CT molecular complexity index is 807. The zero-order chi connectivity index (χ0) is 14.8. The Hall–Kier alpha value is -1.84. The average Bonchev–Trinajstić information content (AvgIpc) is 2.87. The topological polar surface area (TPSA) is 26.3 Å². The lowest BCUT2D eigenvalue weighted by Gasteiger charge is -2.06. The Balaban J connectivity index is 2.31. The van der Waals surface area contributed by atoms with E-state index in [1.54, 1.807) is 6.92 Å². The molecular weight excluding hydrogens is 304 g/mol. The van der Waals surface area contributed by atoms with Crippen molar-refractivity contribution >= 4 is 39.0 Å². The number of thiophene rings is 1. The fourth-order valence-corrected chi connectivity index (χ4v) is 3.66. The molecule has 4 heteroatoms. The predicted molar refractivity (Wildman–Crippen MR) is 88.2 cm³/mol. The molecule has 0 aliphatic heterocycles. The van der Waals surface area contributed by atoms with E-state index < -0.39 is 0 Å². The highest BCUT2D eigenvalue weighted by Crippen LogP contribution is 2.41. The summed E-state index contributed by atoms with van der Waals surface area (Å²) in [6.45, 7) is 2.16. The molecule has 0 radical (unpaired) electrons. The fourth-order valence-electron chi connectivity index (χ4n) is 2.32. The van der Waals surface area contributed by atoms with Gasteiger partial charge in [-0.3, -0.25) is 0 Å². The average molecular weight is 317 g/mol. The van der Waals surface area contributed by atoms with Gasteiger partial charge in [0.2, 0.25) is 0 Å². The van der Waals surface area contributed by atoms with Crippen molar-refractivity contribution in [3.05, 3.63) is 58.4 Å². The first kappa shape index (κ1) is 14.1. The van der Waals surface area contributed by atoms with Crippen LogP contribution in [0.3, 0.4) is 0 Å². The van der Waals surface area contributed by atoms with E-state index in [-0.39, 0.29) is 5.97 Å². The second kappa shape index (κ2) is 5.88. The molecular formula is C17H13ClO2S. The van der Waals surface area contributed by atoms with Crippen LogP contribution in [0.5, 0.6) is 0 Å². The molecule has 0 saturated heterocycles. The van der Waals surface area contributed by atoms with Crippen LogP contribution in [0, 0.1) is 0 Å². The van der Waals surface area contributed by atoms with Gasteiger partial charge in [0.1, 0.15) is 4.88 Å². The summed E-state index contributed by atoms with van der Waals surface area (Å²) in [7, 11) is 0. The number of benzene rings is 2. The molecule has 0 saturated carbocycles. The van der Waals surface area contributed by atoms with Crippen molar-refractivity contribution in [2.75, 3.05) is 6.61 Å². The predicted octanol–water partition coefficient (Wildman–Crippen LogP) is 5.40. The van der Waals surface area contributed by atoms with Crippen LogP contribution in [0.1, 0.15) is 16.6 Å². The van der Waals surface area contributed by atoms with Gasteiger partial charge in [-0.1, -0.05) is 48.0 Å². The molecule has 1 aromatic heterocycles. The SMILES string of the molecule is CCOC(=O)c1sc2ccccc2c1-c1ccccc1Cl. The third kappa shape index (κ3) is 2.55. The number of carbonyl (C=O) groups excluding carboxylic acids is 1. The lowest BCUT2D eigenvalue weighted by molar-refractivity contribution is 0.0533. The highest BCUT2D eigenvalue weighted by Gasteiger charge is 2.21. The van der Waals surface area contributed by atoms with Gasteiger partial charge in [0.15, 0.2) is 0 Å². The number of hydrogen-bond acceptors (Lipinski definition) is 3. The lowest BCUT2D eigenvalue weighted by atomic mass is 10.0. The molecule has 3 aromatic rings. The van der Waals surface area contributed by atoms with E-state index >= 15 is 0 Å². The quantitative estimate of drug-likeness (QED) is 0.605.